The minimum atomic E-state index is -0.806. The molecule has 2 unspecified atom stereocenters. The predicted octanol–water partition coefficient (Wildman–Crippen LogP) is 0.873. The summed E-state index contributed by atoms with van der Waals surface area (Å²) in [7, 11) is 0. The van der Waals surface area contributed by atoms with E-state index in [1.807, 2.05) is 13.8 Å². The van der Waals surface area contributed by atoms with Gasteiger partial charge >= 0.3 is 0 Å². The van der Waals surface area contributed by atoms with Gasteiger partial charge in [-0.05, 0) is 24.5 Å². The molecule has 0 fully saturated rings. The quantitative estimate of drug-likeness (QED) is 0.721. The third-order valence-corrected chi connectivity index (χ3v) is 3.13. The lowest BCUT2D eigenvalue weighted by atomic mass is 9.92. The second-order valence-corrected chi connectivity index (χ2v) is 4.41. The lowest BCUT2D eigenvalue weighted by Crippen LogP contribution is -2.26. The summed E-state index contributed by atoms with van der Waals surface area (Å²) in [5, 5.41) is 19.3. The van der Waals surface area contributed by atoms with Crippen molar-refractivity contribution in [3.05, 3.63) is 28.2 Å². The Morgan fingerprint density at radius 1 is 1.47 bits per heavy atom. The van der Waals surface area contributed by atoms with Crippen molar-refractivity contribution >= 4 is 0 Å². The van der Waals surface area contributed by atoms with Crippen molar-refractivity contribution in [2.75, 3.05) is 0 Å². The molecule has 0 saturated heterocycles. The van der Waals surface area contributed by atoms with Crippen LogP contribution in [0.25, 0.3) is 0 Å². The molecule has 0 radical (unpaired) electrons. The Labute approximate surface area is 87.8 Å². The molecule has 4 nitrogen and oxygen atoms in total. The van der Waals surface area contributed by atoms with Crippen molar-refractivity contribution in [1.82, 2.24) is 4.57 Å². The average Bonchev–Trinajstić information content (AvgIpc) is 2.50. The lowest BCUT2D eigenvalue weighted by molar-refractivity contribution is 0.0400. The van der Waals surface area contributed by atoms with Crippen LogP contribution in [0.3, 0.4) is 0 Å². The van der Waals surface area contributed by atoms with Crippen LogP contribution in [-0.4, -0.2) is 14.8 Å². The standard InChI is InChI=1S/C11H15NO3/c1-6(2)8-5-7-3-4-9(13)11(15)12(7)10(8)14/h3-4,6,8,10,13-14H,5H2,1-2H3. The molecular weight excluding hydrogens is 194 g/mol. The first-order valence-corrected chi connectivity index (χ1v) is 5.14. The van der Waals surface area contributed by atoms with E-state index in [0.29, 0.717) is 12.3 Å². The van der Waals surface area contributed by atoms with E-state index in [1.165, 1.54) is 10.6 Å². The van der Waals surface area contributed by atoms with Gasteiger partial charge in [0.15, 0.2) is 5.75 Å². The molecule has 0 saturated carbocycles. The van der Waals surface area contributed by atoms with E-state index in [0.717, 1.165) is 5.69 Å². The second kappa shape index (κ2) is 3.38. The van der Waals surface area contributed by atoms with Crippen LogP contribution < -0.4 is 5.56 Å². The number of aromatic hydroxyl groups is 1. The van der Waals surface area contributed by atoms with Crippen LogP contribution in [0.1, 0.15) is 25.8 Å². The molecule has 2 N–H and O–H groups in total. The molecule has 0 bridgehead atoms. The summed E-state index contributed by atoms with van der Waals surface area (Å²) in [4.78, 5) is 11.6. The Hall–Kier alpha value is -1.29. The largest absolute Gasteiger partial charge is 0.503 e. The van der Waals surface area contributed by atoms with Crippen molar-refractivity contribution < 1.29 is 10.2 Å². The molecular formula is C11H15NO3. The Morgan fingerprint density at radius 3 is 2.73 bits per heavy atom. The smallest absolute Gasteiger partial charge is 0.294 e. The fourth-order valence-electron chi connectivity index (χ4n) is 2.16. The van der Waals surface area contributed by atoms with Gasteiger partial charge in [-0.2, -0.15) is 0 Å². The van der Waals surface area contributed by atoms with Crippen LogP contribution in [0.4, 0.5) is 0 Å². The van der Waals surface area contributed by atoms with Gasteiger partial charge in [0.1, 0.15) is 6.23 Å². The van der Waals surface area contributed by atoms with Crippen LogP contribution >= 0.6 is 0 Å². The fourth-order valence-corrected chi connectivity index (χ4v) is 2.16. The first-order valence-electron chi connectivity index (χ1n) is 5.14. The maximum atomic E-state index is 11.6. The molecule has 1 aromatic heterocycles. The van der Waals surface area contributed by atoms with Gasteiger partial charge in [0.05, 0.1) is 0 Å². The van der Waals surface area contributed by atoms with Gasteiger partial charge in [0, 0.05) is 11.6 Å². The van der Waals surface area contributed by atoms with Crippen molar-refractivity contribution in [1.29, 1.82) is 0 Å². The van der Waals surface area contributed by atoms with Gasteiger partial charge in [-0.25, -0.2) is 0 Å². The average molecular weight is 209 g/mol. The van der Waals surface area contributed by atoms with Crippen LogP contribution in [0, 0.1) is 11.8 Å². The topological polar surface area (TPSA) is 62.5 Å². The number of aliphatic hydroxyl groups is 1. The van der Waals surface area contributed by atoms with Gasteiger partial charge in [-0.15, -0.1) is 0 Å². The van der Waals surface area contributed by atoms with Crippen LogP contribution in [0.15, 0.2) is 16.9 Å². The van der Waals surface area contributed by atoms with E-state index in [9.17, 15) is 15.0 Å². The molecule has 2 atom stereocenters. The number of aromatic nitrogens is 1. The lowest BCUT2D eigenvalue weighted by Gasteiger charge is -2.18. The van der Waals surface area contributed by atoms with E-state index >= 15 is 0 Å². The maximum absolute atomic E-state index is 11.6. The monoisotopic (exact) mass is 209 g/mol. The Kier molecular flexibility index (Phi) is 2.31. The highest BCUT2D eigenvalue weighted by atomic mass is 16.3. The summed E-state index contributed by atoms with van der Waals surface area (Å²) < 4.78 is 1.29. The summed E-state index contributed by atoms with van der Waals surface area (Å²) >= 11 is 0. The minimum Gasteiger partial charge on any atom is -0.503 e. The van der Waals surface area contributed by atoms with Crippen LogP contribution in [-0.2, 0) is 6.42 Å². The molecule has 0 aromatic carbocycles. The molecule has 2 rings (SSSR count). The third-order valence-electron chi connectivity index (χ3n) is 3.13. The van der Waals surface area contributed by atoms with E-state index in [1.54, 1.807) is 6.07 Å². The van der Waals surface area contributed by atoms with E-state index in [2.05, 4.69) is 0 Å². The number of nitrogens with zero attached hydrogens (tertiary/aromatic N) is 1. The highest BCUT2D eigenvalue weighted by molar-refractivity contribution is 5.23. The fraction of sp³-hybridized carbons (Fsp3) is 0.545. The summed E-state index contributed by atoms with van der Waals surface area (Å²) in [5.41, 5.74) is 0.298. The van der Waals surface area contributed by atoms with Gasteiger partial charge in [0.25, 0.3) is 5.56 Å². The Balaban J connectivity index is 2.51. The zero-order valence-corrected chi connectivity index (χ0v) is 8.84. The van der Waals surface area contributed by atoms with E-state index < -0.39 is 11.8 Å². The molecule has 15 heavy (non-hydrogen) atoms. The first kappa shape index (κ1) is 10.2. The zero-order chi connectivity index (χ0) is 11.2. The summed E-state index contributed by atoms with van der Waals surface area (Å²) in [5.74, 6) is 0.0585. The Bertz CT molecular complexity index is 436. The highest BCUT2D eigenvalue weighted by Crippen LogP contribution is 2.33. The molecule has 82 valence electrons. The number of aliphatic hydroxyl groups excluding tert-OH is 1. The first-order chi connectivity index (χ1) is 7.02. The molecule has 1 aromatic rings. The van der Waals surface area contributed by atoms with Crippen molar-refractivity contribution in [2.24, 2.45) is 11.8 Å². The molecule has 1 aliphatic rings. The highest BCUT2D eigenvalue weighted by Gasteiger charge is 2.33. The summed E-state index contributed by atoms with van der Waals surface area (Å²) in [6.07, 6.45) is -0.117. The third kappa shape index (κ3) is 1.45. The molecule has 0 spiro atoms. The normalized spacial score (nSPS) is 24.5. The summed E-state index contributed by atoms with van der Waals surface area (Å²) in [6.45, 7) is 4.04. The maximum Gasteiger partial charge on any atom is 0.294 e. The number of rotatable bonds is 1. The molecule has 0 amide bonds. The molecule has 1 aliphatic heterocycles. The number of pyridine rings is 1. The van der Waals surface area contributed by atoms with Crippen molar-refractivity contribution in [3.8, 4) is 5.75 Å². The predicted molar refractivity (Wildman–Crippen MR) is 55.7 cm³/mol. The van der Waals surface area contributed by atoms with Crippen molar-refractivity contribution in [2.45, 2.75) is 26.5 Å². The molecule has 0 aliphatic carbocycles. The van der Waals surface area contributed by atoms with Gasteiger partial charge in [-0.1, -0.05) is 13.8 Å². The number of fused-ring (bicyclic) bond motifs is 1. The molecule has 2 heterocycles. The number of hydrogen-bond donors (Lipinski definition) is 2. The van der Waals surface area contributed by atoms with E-state index in [4.69, 9.17) is 0 Å². The van der Waals surface area contributed by atoms with Gasteiger partial charge < -0.3 is 10.2 Å². The van der Waals surface area contributed by atoms with Crippen molar-refractivity contribution in [3.63, 3.8) is 0 Å². The molecule has 4 heteroatoms. The van der Waals surface area contributed by atoms with E-state index in [-0.39, 0.29) is 11.7 Å². The van der Waals surface area contributed by atoms with Gasteiger partial charge in [0.2, 0.25) is 0 Å². The van der Waals surface area contributed by atoms with Gasteiger partial charge in [-0.3, -0.25) is 9.36 Å². The van der Waals surface area contributed by atoms with Crippen LogP contribution in [0.2, 0.25) is 0 Å². The summed E-state index contributed by atoms with van der Waals surface area (Å²) in [6, 6.07) is 3.09. The zero-order valence-electron chi connectivity index (χ0n) is 8.84. The minimum absolute atomic E-state index is 0.0551. The van der Waals surface area contributed by atoms with Crippen LogP contribution in [0.5, 0.6) is 5.75 Å². The number of hydrogen-bond acceptors (Lipinski definition) is 3. The second-order valence-electron chi connectivity index (χ2n) is 4.41. The Morgan fingerprint density at radius 2 is 2.13 bits per heavy atom. The SMILES string of the molecule is CC(C)C1Cc2ccc(O)c(=O)n2C1O.